The van der Waals surface area contributed by atoms with E-state index in [9.17, 15) is 9.59 Å². The Morgan fingerprint density at radius 1 is 1.15 bits per heavy atom. The van der Waals surface area contributed by atoms with Gasteiger partial charge in [-0.2, -0.15) is 0 Å². The molecule has 0 aromatic carbocycles. The van der Waals surface area contributed by atoms with Crippen molar-refractivity contribution in [1.82, 2.24) is 10.2 Å². The summed E-state index contributed by atoms with van der Waals surface area (Å²) < 4.78 is 5.63. The molecule has 0 radical (unpaired) electrons. The van der Waals surface area contributed by atoms with Crippen LogP contribution in [0.2, 0.25) is 0 Å². The molecule has 1 spiro atoms. The molecule has 0 aromatic rings. The van der Waals surface area contributed by atoms with Crippen LogP contribution >= 0.6 is 0 Å². The van der Waals surface area contributed by atoms with Crippen molar-refractivity contribution in [2.24, 2.45) is 0 Å². The van der Waals surface area contributed by atoms with E-state index in [1.165, 1.54) is 12.8 Å². The zero-order valence-electron chi connectivity index (χ0n) is 12.0. The first-order chi connectivity index (χ1) is 9.72. The number of urea groups is 1. The topological polar surface area (TPSA) is 58.6 Å². The molecule has 5 heteroatoms. The Balaban J connectivity index is 1.71. The lowest BCUT2D eigenvalue weighted by Gasteiger charge is -2.35. The Kier molecular flexibility index (Phi) is 3.96. The molecule has 0 bridgehead atoms. The average molecular weight is 280 g/mol. The summed E-state index contributed by atoms with van der Waals surface area (Å²) in [7, 11) is 0. The van der Waals surface area contributed by atoms with Crippen molar-refractivity contribution >= 4 is 11.9 Å². The van der Waals surface area contributed by atoms with Gasteiger partial charge in [-0.05, 0) is 32.1 Å². The number of rotatable bonds is 3. The van der Waals surface area contributed by atoms with E-state index in [2.05, 4.69) is 5.32 Å². The number of amides is 3. The number of nitrogens with one attached hydrogen (secondary N) is 1. The lowest BCUT2D eigenvalue weighted by atomic mass is 9.88. The van der Waals surface area contributed by atoms with E-state index >= 15 is 0 Å². The van der Waals surface area contributed by atoms with Gasteiger partial charge < -0.3 is 9.64 Å². The quantitative estimate of drug-likeness (QED) is 0.806. The molecule has 20 heavy (non-hydrogen) atoms. The molecule has 1 N–H and O–H groups in total. The SMILES string of the molecule is O=C1NC(=O)C2(CCCCCC2)N1CCC1CCCO1. The predicted molar refractivity (Wildman–Crippen MR) is 74.3 cm³/mol. The Hall–Kier alpha value is -1.10. The molecule has 1 atom stereocenters. The van der Waals surface area contributed by atoms with Crippen molar-refractivity contribution < 1.29 is 14.3 Å². The van der Waals surface area contributed by atoms with E-state index < -0.39 is 5.54 Å². The minimum Gasteiger partial charge on any atom is -0.378 e. The Bertz CT molecular complexity index is 383. The number of hydrogen-bond acceptors (Lipinski definition) is 3. The number of hydrogen-bond donors (Lipinski definition) is 1. The van der Waals surface area contributed by atoms with Gasteiger partial charge in [0.2, 0.25) is 0 Å². The molecule has 1 saturated carbocycles. The summed E-state index contributed by atoms with van der Waals surface area (Å²) in [5.74, 6) is -0.0725. The van der Waals surface area contributed by atoms with Gasteiger partial charge in [0, 0.05) is 13.2 Å². The molecule has 112 valence electrons. The monoisotopic (exact) mass is 280 g/mol. The van der Waals surface area contributed by atoms with Crippen molar-refractivity contribution in [3.63, 3.8) is 0 Å². The van der Waals surface area contributed by atoms with Gasteiger partial charge in [-0.15, -0.1) is 0 Å². The maximum absolute atomic E-state index is 12.3. The number of imide groups is 1. The zero-order chi connectivity index (χ0) is 14.0. The molecule has 3 amide bonds. The van der Waals surface area contributed by atoms with Gasteiger partial charge in [0.1, 0.15) is 5.54 Å². The predicted octanol–water partition coefficient (Wildman–Crippen LogP) is 2.20. The molecule has 2 aliphatic heterocycles. The van der Waals surface area contributed by atoms with E-state index in [0.29, 0.717) is 6.54 Å². The molecular weight excluding hydrogens is 256 g/mol. The van der Waals surface area contributed by atoms with E-state index in [-0.39, 0.29) is 18.0 Å². The smallest absolute Gasteiger partial charge is 0.325 e. The third-order valence-corrected chi connectivity index (χ3v) is 5.03. The minimum absolute atomic E-state index is 0.0725. The Morgan fingerprint density at radius 3 is 2.55 bits per heavy atom. The van der Waals surface area contributed by atoms with Gasteiger partial charge in [-0.3, -0.25) is 10.1 Å². The van der Waals surface area contributed by atoms with Gasteiger partial charge in [0.25, 0.3) is 5.91 Å². The second kappa shape index (κ2) is 5.72. The summed E-state index contributed by atoms with van der Waals surface area (Å²) in [4.78, 5) is 26.3. The molecular formula is C15H24N2O3. The van der Waals surface area contributed by atoms with Crippen LogP contribution in [0.15, 0.2) is 0 Å². The lowest BCUT2D eigenvalue weighted by Crippen LogP contribution is -2.50. The molecule has 1 unspecified atom stereocenters. The number of nitrogens with zero attached hydrogens (tertiary/aromatic N) is 1. The highest BCUT2D eigenvalue weighted by Gasteiger charge is 2.52. The molecule has 0 aromatic heterocycles. The van der Waals surface area contributed by atoms with Crippen LogP contribution in [0.3, 0.4) is 0 Å². The van der Waals surface area contributed by atoms with Crippen LogP contribution in [0.1, 0.15) is 57.8 Å². The second-order valence-electron chi connectivity index (χ2n) is 6.28. The van der Waals surface area contributed by atoms with Gasteiger partial charge >= 0.3 is 6.03 Å². The largest absolute Gasteiger partial charge is 0.378 e. The first-order valence-corrected chi connectivity index (χ1v) is 7.97. The first kappa shape index (κ1) is 13.9. The maximum Gasteiger partial charge on any atom is 0.325 e. The summed E-state index contributed by atoms with van der Waals surface area (Å²) >= 11 is 0. The summed E-state index contributed by atoms with van der Waals surface area (Å²) in [6, 6.07) is -0.199. The van der Waals surface area contributed by atoms with Gasteiger partial charge in [-0.1, -0.05) is 25.7 Å². The van der Waals surface area contributed by atoms with Crippen LogP contribution in [-0.2, 0) is 9.53 Å². The van der Waals surface area contributed by atoms with Crippen LogP contribution in [0.4, 0.5) is 4.79 Å². The molecule has 3 fully saturated rings. The van der Waals surface area contributed by atoms with Crippen molar-refractivity contribution in [3.8, 4) is 0 Å². The molecule has 2 heterocycles. The molecule has 3 rings (SSSR count). The van der Waals surface area contributed by atoms with Crippen molar-refractivity contribution in [2.45, 2.75) is 69.4 Å². The van der Waals surface area contributed by atoms with Crippen molar-refractivity contribution in [3.05, 3.63) is 0 Å². The molecule has 1 aliphatic carbocycles. The number of carbonyl (C=O) groups excluding carboxylic acids is 2. The Morgan fingerprint density at radius 2 is 1.90 bits per heavy atom. The standard InChI is InChI=1S/C15H24N2O3/c18-13-15(8-3-1-2-4-9-15)17(14(19)16-13)10-7-12-6-5-11-20-12/h12H,1-11H2,(H,16,18,19). The van der Waals surface area contributed by atoms with Crippen molar-refractivity contribution in [2.75, 3.05) is 13.2 Å². The second-order valence-corrected chi connectivity index (χ2v) is 6.28. The van der Waals surface area contributed by atoms with Crippen LogP contribution < -0.4 is 5.32 Å². The van der Waals surface area contributed by atoms with E-state index in [1.807, 2.05) is 4.90 Å². The highest BCUT2D eigenvalue weighted by Crippen LogP contribution is 2.36. The zero-order valence-corrected chi connectivity index (χ0v) is 12.0. The summed E-state index contributed by atoms with van der Waals surface area (Å²) in [6.07, 6.45) is 9.35. The number of carbonyl (C=O) groups is 2. The lowest BCUT2D eigenvalue weighted by molar-refractivity contribution is -0.127. The fourth-order valence-corrected chi connectivity index (χ4v) is 3.87. The van der Waals surface area contributed by atoms with Crippen molar-refractivity contribution in [1.29, 1.82) is 0 Å². The third kappa shape index (κ3) is 2.43. The molecule has 5 nitrogen and oxygen atoms in total. The fraction of sp³-hybridized carbons (Fsp3) is 0.867. The molecule has 2 saturated heterocycles. The normalized spacial score (nSPS) is 29.8. The third-order valence-electron chi connectivity index (χ3n) is 5.03. The van der Waals surface area contributed by atoms with Gasteiger partial charge in [0.05, 0.1) is 6.10 Å². The average Bonchev–Trinajstić information content (AvgIpc) is 2.91. The number of ether oxygens (including phenoxy) is 1. The first-order valence-electron chi connectivity index (χ1n) is 7.97. The van der Waals surface area contributed by atoms with Gasteiger partial charge in [0.15, 0.2) is 0 Å². The van der Waals surface area contributed by atoms with E-state index in [1.54, 1.807) is 0 Å². The summed E-state index contributed by atoms with van der Waals surface area (Å²) in [5.41, 5.74) is -0.563. The van der Waals surface area contributed by atoms with E-state index in [0.717, 1.165) is 51.6 Å². The highest BCUT2D eigenvalue weighted by atomic mass is 16.5. The molecule has 3 aliphatic rings. The van der Waals surface area contributed by atoms with Crippen LogP contribution in [0, 0.1) is 0 Å². The van der Waals surface area contributed by atoms with Gasteiger partial charge in [-0.25, -0.2) is 4.79 Å². The van der Waals surface area contributed by atoms with Crippen LogP contribution in [0.25, 0.3) is 0 Å². The van der Waals surface area contributed by atoms with E-state index in [4.69, 9.17) is 4.74 Å². The van der Waals surface area contributed by atoms with Crippen LogP contribution in [-0.4, -0.2) is 41.6 Å². The highest BCUT2D eigenvalue weighted by molar-refractivity contribution is 6.07. The van der Waals surface area contributed by atoms with Crippen LogP contribution in [0.5, 0.6) is 0 Å². The maximum atomic E-state index is 12.3. The summed E-state index contributed by atoms with van der Waals surface area (Å²) in [5, 5.41) is 2.54. The summed E-state index contributed by atoms with van der Waals surface area (Å²) in [6.45, 7) is 1.48. The Labute approximate surface area is 120 Å². The minimum atomic E-state index is -0.563. The fourth-order valence-electron chi connectivity index (χ4n) is 3.87.